The third-order valence-electron chi connectivity index (χ3n) is 5.77. The number of fused-ring (bicyclic) bond motifs is 1. The Kier molecular flexibility index (Phi) is 6.50. The van der Waals surface area contributed by atoms with Crippen LogP contribution in [0.1, 0.15) is 28.5 Å². The molecule has 11 heteroatoms. The smallest absolute Gasteiger partial charge is 0.357 e. The predicted octanol–water partition coefficient (Wildman–Crippen LogP) is 4.27. The summed E-state index contributed by atoms with van der Waals surface area (Å²) in [7, 11) is -3.82. The van der Waals surface area contributed by atoms with E-state index in [0.29, 0.717) is 16.4 Å². The van der Waals surface area contributed by atoms with Crippen LogP contribution in [0.25, 0.3) is 27.2 Å². The first-order chi connectivity index (χ1) is 17.7. The molecule has 0 saturated heterocycles. The van der Waals surface area contributed by atoms with Gasteiger partial charge in [0.1, 0.15) is 5.69 Å². The summed E-state index contributed by atoms with van der Waals surface area (Å²) in [6, 6.07) is 19.9. The first-order valence-electron chi connectivity index (χ1n) is 11.3. The molecule has 0 aliphatic heterocycles. The molecule has 0 unspecified atom stereocenters. The second kappa shape index (κ2) is 9.77. The summed E-state index contributed by atoms with van der Waals surface area (Å²) >= 11 is 1.15. The third kappa shape index (κ3) is 4.96. The molecule has 5 rings (SSSR count). The number of sulfonamides is 1. The third-order valence-corrected chi connectivity index (χ3v) is 7.52. The van der Waals surface area contributed by atoms with Crippen molar-refractivity contribution in [2.45, 2.75) is 18.2 Å². The van der Waals surface area contributed by atoms with E-state index in [4.69, 9.17) is 9.88 Å². The molecule has 9 nitrogen and oxygen atoms in total. The lowest BCUT2D eigenvalue weighted by Crippen LogP contribution is -2.11. The first kappa shape index (κ1) is 24.6. The minimum absolute atomic E-state index is 0.000185. The summed E-state index contributed by atoms with van der Waals surface area (Å²) in [6.45, 7) is 1.93. The molecule has 0 aliphatic rings. The van der Waals surface area contributed by atoms with Crippen LogP contribution in [0.15, 0.2) is 77.0 Å². The molecule has 3 N–H and O–H groups in total. The van der Waals surface area contributed by atoms with Gasteiger partial charge in [0.15, 0.2) is 5.69 Å². The van der Waals surface area contributed by atoms with Crippen molar-refractivity contribution < 1.29 is 23.1 Å². The Labute approximate surface area is 216 Å². The Morgan fingerprint density at radius 1 is 1.08 bits per heavy atom. The molecule has 3 aromatic carbocycles. The fraction of sp³-hybridized carbons (Fsp3) is 0.115. The van der Waals surface area contributed by atoms with Crippen molar-refractivity contribution in [3.8, 4) is 22.3 Å². The van der Waals surface area contributed by atoms with Gasteiger partial charge in [0.25, 0.3) is 0 Å². The van der Waals surface area contributed by atoms with E-state index in [2.05, 4.69) is 10.1 Å². The van der Waals surface area contributed by atoms with Crippen LogP contribution in [0, 0.1) is 0 Å². The van der Waals surface area contributed by atoms with Crippen molar-refractivity contribution in [1.82, 2.24) is 14.8 Å². The van der Waals surface area contributed by atoms with Crippen LogP contribution < -0.4 is 5.14 Å². The normalized spacial score (nSPS) is 11.6. The molecule has 5 aromatic rings. The highest BCUT2D eigenvalue weighted by Crippen LogP contribution is 2.35. The highest BCUT2D eigenvalue weighted by atomic mass is 32.2. The van der Waals surface area contributed by atoms with Gasteiger partial charge in [0, 0.05) is 22.9 Å². The number of hydrogen-bond donors (Lipinski definition) is 2. The van der Waals surface area contributed by atoms with Gasteiger partial charge in [0.05, 0.1) is 11.5 Å². The standard InChI is InChI=1S/C26H22N4O5S2/c1-2-35-25(32)22-15-36-26(28-22)30-24(31)21(13-16-7-11-20(12-8-16)37(27,33)34)23(29-30)19-10-9-17-5-3-4-6-18(17)14-19/h3-12,14-15,31H,2,13H2,1H3,(H2,27,33,34). The summed E-state index contributed by atoms with van der Waals surface area (Å²) in [5.74, 6) is -0.690. The number of primary sulfonamides is 1. The molecule has 0 saturated carbocycles. The fourth-order valence-corrected chi connectivity index (χ4v) is 5.23. The maximum absolute atomic E-state index is 12.1. The second-order valence-electron chi connectivity index (χ2n) is 8.23. The van der Waals surface area contributed by atoms with Gasteiger partial charge in [-0.3, -0.25) is 0 Å². The van der Waals surface area contributed by atoms with E-state index < -0.39 is 16.0 Å². The number of hydrogen-bond acceptors (Lipinski definition) is 8. The number of aromatic hydroxyl groups is 1. The topological polar surface area (TPSA) is 137 Å². The molecule has 0 atom stereocenters. The van der Waals surface area contributed by atoms with Crippen LogP contribution in [0.4, 0.5) is 0 Å². The van der Waals surface area contributed by atoms with Gasteiger partial charge in [-0.05, 0) is 41.5 Å². The average molecular weight is 535 g/mol. The molecule has 2 heterocycles. The number of carbonyl (C=O) groups is 1. The van der Waals surface area contributed by atoms with E-state index in [9.17, 15) is 18.3 Å². The number of aromatic nitrogens is 3. The van der Waals surface area contributed by atoms with Gasteiger partial charge in [0.2, 0.25) is 21.0 Å². The SMILES string of the molecule is CCOC(=O)c1csc(-n2nc(-c3ccc4ccccc4c3)c(Cc3ccc(S(N)(=O)=O)cc3)c2O)n1. The highest BCUT2D eigenvalue weighted by molar-refractivity contribution is 7.89. The second-order valence-corrected chi connectivity index (χ2v) is 10.6. The molecule has 0 aliphatic carbocycles. The zero-order chi connectivity index (χ0) is 26.2. The molecule has 37 heavy (non-hydrogen) atoms. The predicted molar refractivity (Wildman–Crippen MR) is 140 cm³/mol. The van der Waals surface area contributed by atoms with Crippen molar-refractivity contribution in [2.24, 2.45) is 5.14 Å². The largest absolute Gasteiger partial charge is 0.493 e. The van der Waals surface area contributed by atoms with Crippen LogP contribution in [-0.4, -0.2) is 40.9 Å². The number of esters is 1. The number of rotatable bonds is 7. The van der Waals surface area contributed by atoms with E-state index in [1.54, 1.807) is 24.4 Å². The first-order valence-corrected chi connectivity index (χ1v) is 13.7. The lowest BCUT2D eigenvalue weighted by atomic mass is 9.99. The highest BCUT2D eigenvalue weighted by Gasteiger charge is 2.23. The number of nitrogens with zero attached hydrogens (tertiary/aromatic N) is 3. The number of ether oxygens (including phenoxy) is 1. The van der Waals surface area contributed by atoms with Crippen molar-refractivity contribution in [2.75, 3.05) is 6.61 Å². The zero-order valence-corrected chi connectivity index (χ0v) is 21.3. The molecule has 0 fully saturated rings. The van der Waals surface area contributed by atoms with E-state index in [1.807, 2.05) is 42.5 Å². The molecule has 0 amide bonds. The Morgan fingerprint density at radius 3 is 2.51 bits per heavy atom. The Morgan fingerprint density at radius 2 is 1.81 bits per heavy atom. The quantitative estimate of drug-likeness (QED) is 0.298. The van der Waals surface area contributed by atoms with Gasteiger partial charge in [-0.25, -0.2) is 23.3 Å². The van der Waals surface area contributed by atoms with E-state index >= 15 is 0 Å². The summed E-state index contributed by atoms with van der Waals surface area (Å²) < 4.78 is 29.6. The minimum atomic E-state index is -3.82. The van der Waals surface area contributed by atoms with Gasteiger partial charge < -0.3 is 9.84 Å². The maximum atomic E-state index is 12.1. The van der Waals surface area contributed by atoms with Gasteiger partial charge in [-0.2, -0.15) is 9.78 Å². The number of nitrogens with two attached hydrogens (primary N) is 1. The molecule has 2 aromatic heterocycles. The van der Waals surface area contributed by atoms with E-state index in [0.717, 1.165) is 33.2 Å². The number of thiazole rings is 1. The lowest BCUT2D eigenvalue weighted by molar-refractivity contribution is 0.0520. The van der Waals surface area contributed by atoms with Crippen LogP contribution in [0.3, 0.4) is 0 Å². The maximum Gasteiger partial charge on any atom is 0.357 e. The van der Waals surface area contributed by atoms with Crippen molar-refractivity contribution in [1.29, 1.82) is 0 Å². The Balaban J connectivity index is 1.61. The summed E-state index contributed by atoms with van der Waals surface area (Å²) in [5, 5.41) is 25.1. The minimum Gasteiger partial charge on any atom is -0.493 e. The van der Waals surface area contributed by atoms with Crippen LogP contribution >= 0.6 is 11.3 Å². The van der Waals surface area contributed by atoms with Crippen molar-refractivity contribution in [3.05, 3.63) is 88.9 Å². The number of benzene rings is 3. The van der Waals surface area contributed by atoms with E-state index in [-0.39, 0.29) is 29.5 Å². The van der Waals surface area contributed by atoms with Crippen molar-refractivity contribution >= 4 is 38.1 Å². The fourth-order valence-electron chi connectivity index (χ4n) is 3.97. The Hall–Kier alpha value is -4.06. The van der Waals surface area contributed by atoms with Crippen molar-refractivity contribution in [3.63, 3.8) is 0 Å². The monoisotopic (exact) mass is 534 g/mol. The summed E-state index contributed by atoms with van der Waals surface area (Å²) in [4.78, 5) is 16.4. The van der Waals surface area contributed by atoms with E-state index in [1.165, 1.54) is 16.8 Å². The molecule has 0 bridgehead atoms. The number of carbonyl (C=O) groups excluding carboxylic acids is 1. The van der Waals surface area contributed by atoms with Gasteiger partial charge in [-0.1, -0.05) is 48.5 Å². The molecular weight excluding hydrogens is 512 g/mol. The Bertz CT molecular complexity index is 1720. The molecule has 0 radical (unpaired) electrons. The van der Waals surface area contributed by atoms with Crippen LogP contribution in [-0.2, 0) is 21.2 Å². The molecule has 188 valence electrons. The molecule has 0 spiro atoms. The summed E-state index contributed by atoms with van der Waals surface area (Å²) in [5.41, 5.74) is 2.71. The van der Waals surface area contributed by atoms with Gasteiger partial charge >= 0.3 is 5.97 Å². The average Bonchev–Trinajstić information content (AvgIpc) is 3.49. The zero-order valence-electron chi connectivity index (χ0n) is 19.7. The summed E-state index contributed by atoms with van der Waals surface area (Å²) in [6.07, 6.45) is 0.259. The van der Waals surface area contributed by atoms with Crippen LogP contribution in [0.5, 0.6) is 5.88 Å². The van der Waals surface area contributed by atoms with Gasteiger partial charge in [-0.15, -0.1) is 11.3 Å². The lowest BCUT2D eigenvalue weighted by Gasteiger charge is -2.06. The molecular formula is C26H22N4O5S2. The van der Waals surface area contributed by atoms with Crippen LogP contribution in [0.2, 0.25) is 0 Å².